The Labute approximate surface area is 93.1 Å². The number of halogens is 1. The summed E-state index contributed by atoms with van der Waals surface area (Å²) < 4.78 is 0.822. The number of carbonyl (C=O) groups is 1. The zero-order chi connectivity index (χ0) is 9.97. The predicted molar refractivity (Wildman–Crippen MR) is 60.0 cm³/mol. The second-order valence-corrected chi connectivity index (χ2v) is 5.62. The molecule has 1 heterocycles. The summed E-state index contributed by atoms with van der Waals surface area (Å²) >= 11 is 7.44. The van der Waals surface area contributed by atoms with Crippen LogP contribution in [0.2, 0.25) is 4.34 Å². The normalized spacial score (nSPS) is 22.6. The molecule has 0 N–H and O–H groups in total. The minimum Gasteiger partial charge on any atom is -0.299 e. The smallest absolute Gasteiger partial charge is 0.136 e. The Morgan fingerprint density at radius 3 is 2.93 bits per heavy atom. The maximum Gasteiger partial charge on any atom is 0.136 e. The first-order valence-electron chi connectivity index (χ1n) is 5.02. The fraction of sp³-hybridized carbons (Fsp3) is 0.545. The Morgan fingerprint density at radius 1 is 1.43 bits per heavy atom. The molecule has 1 aromatic rings. The van der Waals surface area contributed by atoms with Crippen molar-refractivity contribution in [3.05, 3.63) is 21.3 Å². The standard InChI is InChI=1S/C11H13ClOS/c12-11-6-5-9(14-11)7-8-3-1-2-4-10(8)13/h5-6,8H,1-4,7H2. The average molecular weight is 229 g/mol. The lowest BCUT2D eigenvalue weighted by molar-refractivity contribution is -0.124. The number of carbonyl (C=O) groups excluding carboxylic acids is 1. The highest BCUT2D eigenvalue weighted by molar-refractivity contribution is 7.16. The molecular weight excluding hydrogens is 216 g/mol. The molecule has 1 aliphatic rings. The molecule has 0 amide bonds. The first kappa shape index (κ1) is 10.2. The molecule has 0 radical (unpaired) electrons. The van der Waals surface area contributed by atoms with Crippen LogP contribution in [0.25, 0.3) is 0 Å². The maximum absolute atomic E-state index is 11.6. The number of thiophene rings is 1. The van der Waals surface area contributed by atoms with Crippen LogP contribution in [-0.4, -0.2) is 5.78 Å². The number of hydrogen-bond donors (Lipinski definition) is 0. The first-order chi connectivity index (χ1) is 6.75. The van der Waals surface area contributed by atoms with Crippen LogP contribution in [0, 0.1) is 5.92 Å². The van der Waals surface area contributed by atoms with Crippen LogP contribution >= 0.6 is 22.9 Å². The van der Waals surface area contributed by atoms with Gasteiger partial charge in [0.1, 0.15) is 5.78 Å². The molecule has 1 atom stereocenters. The predicted octanol–water partition coefficient (Wildman–Crippen LogP) is 3.70. The average Bonchev–Trinajstić information content (AvgIpc) is 2.56. The minimum atomic E-state index is 0.262. The van der Waals surface area contributed by atoms with E-state index in [2.05, 4.69) is 0 Å². The fourth-order valence-electron chi connectivity index (χ4n) is 1.98. The Hall–Kier alpha value is -0.340. The van der Waals surface area contributed by atoms with Gasteiger partial charge in [0.2, 0.25) is 0 Å². The highest BCUT2D eigenvalue weighted by Gasteiger charge is 2.22. The van der Waals surface area contributed by atoms with E-state index in [1.807, 2.05) is 12.1 Å². The molecule has 14 heavy (non-hydrogen) atoms. The molecule has 0 bridgehead atoms. The molecular formula is C11H13ClOS. The third kappa shape index (κ3) is 2.37. The van der Waals surface area contributed by atoms with E-state index in [1.165, 1.54) is 11.3 Å². The molecule has 3 heteroatoms. The number of hydrogen-bond acceptors (Lipinski definition) is 2. The van der Waals surface area contributed by atoms with Gasteiger partial charge in [0.15, 0.2) is 0 Å². The summed E-state index contributed by atoms with van der Waals surface area (Å²) in [4.78, 5) is 12.8. The molecule has 0 aliphatic heterocycles. The topological polar surface area (TPSA) is 17.1 Å². The molecule has 1 aliphatic carbocycles. The van der Waals surface area contributed by atoms with Gasteiger partial charge >= 0.3 is 0 Å². The summed E-state index contributed by atoms with van der Waals surface area (Å²) in [5.41, 5.74) is 0. The second kappa shape index (κ2) is 4.45. The van der Waals surface area contributed by atoms with Crippen molar-refractivity contribution in [1.29, 1.82) is 0 Å². The van der Waals surface area contributed by atoms with E-state index >= 15 is 0 Å². The zero-order valence-electron chi connectivity index (χ0n) is 7.96. The van der Waals surface area contributed by atoms with Gasteiger partial charge in [-0.05, 0) is 31.4 Å². The van der Waals surface area contributed by atoms with E-state index in [4.69, 9.17) is 11.6 Å². The number of rotatable bonds is 2. The van der Waals surface area contributed by atoms with Crippen molar-refractivity contribution in [2.24, 2.45) is 5.92 Å². The van der Waals surface area contributed by atoms with Gasteiger partial charge in [0, 0.05) is 17.2 Å². The van der Waals surface area contributed by atoms with Gasteiger partial charge in [-0.15, -0.1) is 11.3 Å². The van der Waals surface area contributed by atoms with Crippen molar-refractivity contribution in [3.63, 3.8) is 0 Å². The third-order valence-corrected chi connectivity index (χ3v) is 4.01. The Bertz CT molecular complexity index is 332. The van der Waals surface area contributed by atoms with Crippen LogP contribution in [-0.2, 0) is 11.2 Å². The van der Waals surface area contributed by atoms with Gasteiger partial charge in [-0.1, -0.05) is 18.0 Å². The zero-order valence-corrected chi connectivity index (χ0v) is 9.53. The molecule has 1 fully saturated rings. The number of Topliss-reactive ketones (excluding diaryl/α,β-unsaturated/α-hetero) is 1. The molecule has 2 rings (SSSR count). The van der Waals surface area contributed by atoms with Gasteiger partial charge < -0.3 is 0 Å². The van der Waals surface area contributed by atoms with Gasteiger partial charge in [-0.25, -0.2) is 0 Å². The molecule has 1 nitrogen and oxygen atoms in total. The maximum atomic E-state index is 11.6. The molecule has 0 spiro atoms. The summed E-state index contributed by atoms with van der Waals surface area (Å²) in [6.45, 7) is 0. The third-order valence-electron chi connectivity index (χ3n) is 2.76. The van der Waals surface area contributed by atoms with E-state index in [0.29, 0.717) is 5.78 Å². The Morgan fingerprint density at radius 2 is 2.29 bits per heavy atom. The van der Waals surface area contributed by atoms with Crippen molar-refractivity contribution >= 4 is 28.7 Å². The molecule has 76 valence electrons. The first-order valence-corrected chi connectivity index (χ1v) is 6.22. The van der Waals surface area contributed by atoms with E-state index < -0.39 is 0 Å². The molecule has 0 saturated heterocycles. The van der Waals surface area contributed by atoms with Crippen LogP contribution in [0.15, 0.2) is 12.1 Å². The van der Waals surface area contributed by atoms with E-state index in [-0.39, 0.29) is 5.92 Å². The van der Waals surface area contributed by atoms with Crippen molar-refractivity contribution < 1.29 is 4.79 Å². The summed E-state index contributed by atoms with van der Waals surface area (Å²) in [5.74, 6) is 0.708. The largest absolute Gasteiger partial charge is 0.299 e. The van der Waals surface area contributed by atoms with Crippen LogP contribution < -0.4 is 0 Å². The highest BCUT2D eigenvalue weighted by Crippen LogP contribution is 2.28. The number of ketones is 1. The lowest BCUT2D eigenvalue weighted by atomic mass is 9.85. The monoisotopic (exact) mass is 228 g/mol. The Balaban J connectivity index is 1.99. The van der Waals surface area contributed by atoms with Gasteiger partial charge in [0.25, 0.3) is 0 Å². The van der Waals surface area contributed by atoms with Crippen LogP contribution in [0.5, 0.6) is 0 Å². The molecule has 1 saturated carbocycles. The van der Waals surface area contributed by atoms with E-state index in [0.717, 1.165) is 30.0 Å². The van der Waals surface area contributed by atoms with Crippen LogP contribution in [0.3, 0.4) is 0 Å². The molecule has 1 unspecified atom stereocenters. The summed E-state index contributed by atoms with van der Waals surface area (Å²) in [6, 6.07) is 3.95. The van der Waals surface area contributed by atoms with E-state index in [1.54, 1.807) is 11.3 Å². The van der Waals surface area contributed by atoms with Gasteiger partial charge in [-0.2, -0.15) is 0 Å². The summed E-state index contributed by atoms with van der Waals surface area (Å²) in [6.07, 6.45) is 5.03. The SMILES string of the molecule is O=C1CCCCC1Cc1ccc(Cl)s1. The molecule has 1 aromatic heterocycles. The van der Waals surface area contributed by atoms with Crippen molar-refractivity contribution in [2.45, 2.75) is 32.1 Å². The fourth-order valence-corrected chi connectivity index (χ4v) is 3.14. The quantitative estimate of drug-likeness (QED) is 0.755. The lowest BCUT2D eigenvalue weighted by Gasteiger charge is -2.19. The van der Waals surface area contributed by atoms with E-state index in [9.17, 15) is 4.79 Å². The summed E-state index contributed by atoms with van der Waals surface area (Å²) in [7, 11) is 0. The van der Waals surface area contributed by atoms with Crippen molar-refractivity contribution in [1.82, 2.24) is 0 Å². The summed E-state index contributed by atoms with van der Waals surface area (Å²) in [5, 5.41) is 0. The minimum absolute atomic E-state index is 0.262. The van der Waals surface area contributed by atoms with Gasteiger partial charge in [-0.3, -0.25) is 4.79 Å². The highest BCUT2D eigenvalue weighted by atomic mass is 35.5. The second-order valence-electron chi connectivity index (χ2n) is 3.82. The van der Waals surface area contributed by atoms with Crippen LogP contribution in [0.4, 0.5) is 0 Å². The van der Waals surface area contributed by atoms with Crippen molar-refractivity contribution in [2.75, 3.05) is 0 Å². The lowest BCUT2D eigenvalue weighted by Crippen LogP contribution is -2.20. The van der Waals surface area contributed by atoms with Crippen molar-refractivity contribution in [3.8, 4) is 0 Å². The molecule has 0 aromatic carbocycles. The van der Waals surface area contributed by atoms with Gasteiger partial charge in [0.05, 0.1) is 4.34 Å². The van der Waals surface area contributed by atoms with Crippen LogP contribution in [0.1, 0.15) is 30.6 Å². The Kier molecular flexibility index (Phi) is 3.24.